The van der Waals surface area contributed by atoms with Crippen molar-refractivity contribution < 1.29 is 19.5 Å². The van der Waals surface area contributed by atoms with Crippen molar-refractivity contribution in [2.75, 3.05) is 18.5 Å². The third-order valence-electron chi connectivity index (χ3n) is 4.53. The molecule has 1 aliphatic heterocycles. The number of aromatic amines is 1. The van der Waals surface area contributed by atoms with E-state index in [4.69, 9.17) is 5.11 Å². The van der Waals surface area contributed by atoms with Gasteiger partial charge < -0.3 is 20.7 Å². The van der Waals surface area contributed by atoms with Crippen LogP contribution in [0.1, 0.15) is 51.0 Å². The van der Waals surface area contributed by atoms with E-state index in [0.29, 0.717) is 41.0 Å². The van der Waals surface area contributed by atoms with Crippen LogP contribution in [0.25, 0.3) is 11.6 Å². The third kappa shape index (κ3) is 3.79. The normalized spacial score (nSPS) is 14.1. The Morgan fingerprint density at radius 1 is 1.32 bits per heavy atom. The minimum atomic E-state index is -0.364. The first kappa shape index (κ1) is 20.0. The predicted octanol–water partition coefficient (Wildman–Crippen LogP) is 2.89. The van der Waals surface area contributed by atoms with Gasteiger partial charge in [-0.05, 0) is 50.1 Å². The number of aromatic nitrogens is 1. The number of hydrogen-bond donors (Lipinski definition) is 4. The summed E-state index contributed by atoms with van der Waals surface area (Å²) in [5.41, 5.74) is 3.39. The molecule has 1 aromatic heterocycles. The van der Waals surface area contributed by atoms with Crippen molar-refractivity contribution in [3.05, 3.63) is 50.8 Å². The van der Waals surface area contributed by atoms with Gasteiger partial charge in [-0.2, -0.15) is 0 Å². The summed E-state index contributed by atoms with van der Waals surface area (Å²) in [4.78, 5) is 40.1. The predicted molar refractivity (Wildman–Crippen MR) is 110 cm³/mol. The fourth-order valence-electron chi connectivity index (χ4n) is 3.22. The Morgan fingerprint density at radius 3 is 2.75 bits per heavy atom. The van der Waals surface area contributed by atoms with E-state index >= 15 is 0 Å². The van der Waals surface area contributed by atoms with Crippen LogP contribution >= 0.6 is 15.9 Å². The number of H-pyrrole nitrogens is 1. The van der Waals surface area contributed by atoms with Crippen molar-refractivity contribution in [2.45, 2.75) is 20.3 Å². The second-order valence-electron chi connectivity index (χ2n) is 6.50. The molecule has 1 aromatic carbocycles. The second kappa shape index (κ2) is 8.12. The summed E-state index contributed by atoms with van der Waals surface area (Å²) in [5, 5.41) is 14.3. The van der Waals surface area contributed by atoms with E-state index in [0.717, 1.165) is 10.0 Å². The van der Waals surface area contributed by atoms with Crippen molar-refractivity contribution >= 4 is 50.9 Å². The van der Waals surface area contributed by atoms with Crippen LogP contribution in [0.2, 0.25) is 0 Å². The highest BCUT2D eigenvalue weighted by Crippen LogP contribution is 2.35. The summed E-state index contributed by atoms with van der Waals surface area (Å²) in [6.45, 7) is 3.41. The molecule has 2 amide bonds. The van der Waals surface area contributed by atoms with Crippen LogP contribution in [-0.4, -0.2) is 40.8 Å². The molecule has 0 spiro atoms. The molecule has 3 rings (SSSR count). The summed E-state index contributed by atoms with van der Waals surface area (Å²) < 4.78 is 0.826. The molecule has 0 aliphatic carbocycles. The molecule has 0 bridgehead atoms. The van der Waals surface area contributed by atoms with Crippen LogP contribution in [-0.2, 0) is 4.79 Å². The van der Waals surface area contributed by atoms with Crippen LogP contribution in [0.3, 0.4) is 0 Å². The number of fused-ring (bicyclic) bond motifs is 1. The number of aliphatic hydroxyl groups excluding tert-OH is 1. The minimum Gasteiger partial charge on any atom is -0.396 e. The topological polar surface area (TPSA) is 111 Å². The number of ketones is 1. The van der Waals surface area contributed by atoms with Gasteiger partial charge in [-0.1, -0.05) is 15.9 Å². The van der Waals surface area contributed by atoms with E-state index in [2.05, 4.69) is 31.5 Å². The van der Waals surface area contributed by atoms with Crippen molar-refractivity contribution in [3.63, 3.8) is 0 Å². The standard InChI is InChI=1S/C20H20BrN3O4/c1-10-17(11(2)26)16(23-18(10)20(28)22-6-3-7-25)9-14-13-8-12(21)4-5-15(13)24-19(14)27/h4-5,8-9,23,25H,3,6-7H2,1-2H3,(H,22,28)(H,24,27). The molecule has 0 atom stereocenters. The lowest BCUT2D eigenvalue weighted by molar-refractivity contribution is -0.110. The Balaban J connectivity index is 2.05. The summed E-state index contributed by atoms with van der Waals surface area (Å²) in [6.07, 6.45) is 2.04. The zero-order valence-corrected chi connectivity index (χ0v) is 17.1. The average Bonchev–Trinajstić information content (AvgIpc) is 3.12. The number of hydrogen-bond acceptors (Lipinski definition) is 4. The Labute approximate surface area is 170 Å². The van der Waals surface area contributed by atoms with Crippen LogP contribution in [0.4, 0.5) is 5.69 Å². The fourth-order valence-corrected chi connectivity index (χ4v) is 3.59. The van der Waals surface area contributed by atoms with Crippen molar-refractivity contribution in [1.29, 1.82) is 0 Å². The van der Waals surface area contributed by atoms with Gasteiger partial charge in [0, 0.05) is 34.4 Å². The maximum atomic E-state index is 12.4. The lowest BCUT2D eigenvalue weighted by Gasteiger charge is -2.03. The highest BCUT2D eigenvalue weighted by Gasteiger charge is 2.27. The number of aliphatic hydroxyl groups is 1. The molecule has 2 heterocycles. The van der Waals surface area contributed by atoms with Crippen LogP contribution in [0.5, 0.6) is 0 Å². The van der Waals surface area contributed by atoms with Crippen LogP contribution in [0.15, 0.2) is 22.7 Å². The molecular formula is C20H20BrN3O4. The number of halogens is 1. The number of carbonyl (C=O) groups is 3. The molecular weight excluding hydrogens is 426 g/mol. The van der Waals surface area contributed by atoms with E-state index in [-0.39, 0.29) is 29.9 Å². The summed E-state index contributed by atoms with van der Waals surface area (Å²) in [7, 11) is 0. The van der Waals surface area contributed by atoms with E-state index in [1.54, 1.807) is 19.1 Å². The van der Waals surface area contributed by atoms with Crippen LogP contribution in [0, 0.1) is 6.92 Å². The highest BCUT2D eigenvalue weighted by molar-refractivity contribution is 9.10. The Bertz CT molecular complexity index is 1010. The minimum absolute atomic E-state index is 0.0237. The Kier molecular flexibility index (Phi) is 5.81. The van der Waals surface area contributed by atoms with Gasteiger partial charge in [0.2, 0.25) is 0 Å². The molecule has 0 saturated heterocycles. The highest BCUT2D eigenvalue weighted by atomic mass is 79.9. The molecule has 146 valence electrons. The second-order valence-corrected chi connectivity index (χ2v) is 7.42. The van der Waals surface area contributed by atoms with Gasteiger partial charge in [0.1, 0.15) is 5.69 Å². The fraction of sp³-hybridized carbons (Fsp3) is 0.250. The molecule has 0 saturated carbocycles. The maximum Gasteiger partial charge on any atom is 0.268 e. The number of Topliss-reactive ketones (excluding diaryl/α,β-unsaturated/α-hetero) is 1. The van der Waals surface area contributed by atoms with E-state index in [9.17, 15) is 14.4 Å². The molecule has 0 unspecified atom stereocenters. The monoisotopic (exact) mass is 445 g/mol. The maximum absolute atomic E-state index is 12.4. The number of anilines is 1. The number of benzene rings is 1. The molecule has 7 nitrogen and oxygen atoms in total. The van der Waals surface area contributed by atoms with E-state index in [1.807, 2.05) is 12.1 Å². The SMILES string of the molecule is CC(=O)c1c(C=C2C(=O)Nc3ccc(Br)cc32)[nH]c(C(=O)NCCCO)c1C. The summed E-state index contributed by atoms with van der Waals surface area (Å²) in [5.74, 6) is -0.844. The lowest BCUT2D eigenvalue weighted by atomic mass is 10.0. The first-order valence-electron chi connectivity index (χ1n) is 8.79. The van der Waals surface area contributed by atoms with Crippen LogP contribution < -0.4 is 10.6 Å². The zero-order valence-electron chi connectivity index (χ0n) is 15.5. The molecule has 4 N–H and O–H groups in total. The largest absolute Gasteiger partial charge is 0.396 e. The Hall–Kier alpha value is -2.71. The number of nitrogens with one attached hydrogen (secondary N) is 3. The van der Waals surface area contributed by atoms with Crippen molar-refractivity contribution in [2.24, 2.45) is 0 Å². The van der Waals surface area contributed by atoms with Gasteiger partial charge in [-0.3, -0.25) is 14.4 Å². The molecule has 8 heteroatoms. The molecule has 0 radical (unpaired) electrons. The van der Waals surface area contributed by atoms with Gasteiger partial charge in [-0.25, -0.2) is 0 Å². The summed E-state index contributed by atoms with van der Waals surface area (Å²) >= 11 is 3.40. The average molecular weight is 446 g/mol. The Morgan fingerprint density at radius 2 is 2.07 bits per heavy atom. The summed E-state index contributed by atoms with van der Waals surface area (Å²) in [6, 6.07) is 5.45. The van der Waals surface area contributed by atoms with Gasteiger partial charge in [0.25, 0.3) is 11.8 Å². The third-order valence-corrected chi connectivity index (χ3v) is 5.03. The first-order chi connectivity index (χ1) is 13.3. The van der Waals surface area contributed by atoms with Crippen molar-refractivity contribution in [3.8, 4) is 0 Å². The van der Waals surface area contributed by atoms with Gasteiger partial charge in [0.15, 0.2) is 5.78 Å². The van der Waals surface area contributed by atoms with Gasteiger partial charge in [-0.15, -0.1) is 0 Å². The molecule has 2 aromatic rings. The molecule has 28 heavy (non-hydrogen) atoms. The van der Waals surface area contributed by atoms with E-state index in [1.165, 1.54) is 6.92 Å². The smallest absolute Gasteiger partial charge is 0.268 e. The number of amides is 2. The van der Waals surface area contributed by atoms with Gasteiger partial charge in [0.05, 0.1) is 11.3 Å². The lowest BCUT2D eigenvalue weighted by Crippen LogP contribution is -2.26. The quantitative estimate of drug-likeness (QED) is 0.311. The molecule has 1 aliphatic rings. The zero-order chi connectivity index (χ0) is 20.4. The van der Waals surface area contributed by atoms with Gasteiger partial charge >= 0.3 is 0 Å². The number of rotatable bonds is 6. The van der Waals surface area contributed by atoms with E-state index < -0.39 is 0 Å². The first-order valence-corrected chi connectivity index (χ1v) is 9.58. The molecule has 0 fully saturated rings. The van der Waals surface area contributed by atoms with Crippen molar-refractivity contribution in [1.82, 2.24) is 10.3 Å². The number of carbonyl (C=O) groups excluding carboxylic acids is 3.